The molecule has 0 spiro atoms. The summed E-state index contributed by atoms with van der Waals surface area (Å²) in [6.45, 7) is 11.6. The predicted octanol–water partition coefficient (Wildman–Crippen LogP) is 5.42. The number of aromatic nitrogens is 2. The van der Waals surface area contributed by atoms with Crippen LogP contribution in [0.4, 0.5) is 5.82 Å². The fourth-order valence-corrected chi connectivity index (χ4v) is 3.86. The standard InChI is InChI=1S/C22H27N3O2S/c1-6-7-25-16(4)10-21(24-25)23-22(26)20-11-18(13-28-20)12-27-19-9-14(2)8-15(3)17(19)5/h8-11,13H,6-7,12H2,1-5H3,(H,23,24,26). The van der Waals surface area contributed by atoms with Crippen LogP contribution in [0.15, 0.2) is 29.6 Å². The highest BCUT2D eigenvalue weighted by atomic mass is 32.1. The Morgan fingerprint density at radius 1 is 1.18 bits per heavy atom. The molecule has 2 aromatic heterocycles. The minimum atomic E-state index is -0.139. The lowest BCUT2D eigenvalue weighted by atomic mass is 10.1. The van der Waals surface area contributed by atoms with E-state index < -0.39 is 0 Å². The molecule has 1 aromatic carbocycles. The van der Waals surface area contributed by atoms with Crippen LogP contribution in [0.1, 0.15) is 51.0 Å². The lowest BCUT2D eigenvalue weighted by molar-refractivity contribution is 0.103. The van der Waals surface area contributed by atoms with Crippen molar-refractivity contribution in [2.45, 2.75) is 54.2 Å². The molecule has 0 saturated carbocycles. The summed E-state index contributed by atoms with van der Waals surface area (Å²) in [6, 6.07) is 7.98. The molecule has 0 aliphatic heterocycles. The van der Waals surface area contributed by atoms with Crippen molar-refractivity contribution in [2.75, 3.05) is 5.32 Å². The normalized spacial score (nSPS) is 10.9. The SMILES string of the molecule is CCCn1nc(NC(=O)c2cc(COc3cc(C)cc(C)c3C)cs2)cc1C. The lowest BCUT2D eigenvalue weighted by Gasteiger charge is -2.11. The van der Waals surface area contributed by atoms with Gasteiger partial charge in [-0.2, -0.15) is 5.10 Å². The van der Waals surface area contributed by atoms with Crippen LogP contribution in [0.3, 0.4) is 0 Å². The van der Waals surface area contributed by atoms with E-state index in [0.29, 0.717) is 17.3 Å². The fourth-order valence-electron chi connectivity index (χ4n) is 3.07. The Hall–Kier alpha value is -2.60. The van der Waals surface area contributed by atoms with Gasteiger partial charge in [-0.05, 0) is 68.3 Å². The number of rotatable bonds is 7. The van der Waals surface area contributed by atoms with Crippen molar-refractivity contribution in [2.24, 2.45) is 0 Å². The molecule has 28 heavy (non-hydrogen) atoms. The van der Waals surface area contributed by atoms with E-state index in [1.165, 1.54) is 22.5 Å². The van der Waals surface area contributed by atoms with Crippen molar-refractivity contribution < 1.29 is 9.53 Å². The number of thiophene rings is 1. The summed E-state index contributed by atoms with van der Waals surface area (Å²) in [5.74, 6) is 1.35. The summed E-state index contributed by atoms with van der Waals surface area (Å²) in [4.78, 5) is 13.2. The zero-order valence-electron chi connectivity index (χ0n) is 17.1. The van der Waals surface area contributed by atoms with E-state index in [4.69, 9.17) is 4.74 Å². The molecule has 0 atom stereocenters. The molecule has 0 aliphatic rings. The van der Waals surface area contributed by atoms with Gasteiger partial charge in [-0.25, -0.2) is 0 Å². The van der Waals surface area contributed by atoms with Gasteiger partial charge in [-0.15, -0.1) is 11.3 Å². The molecule has 0 fully saturated rings. The van der Waals surface area contributed by atoms with Crippen LogP contribution in [0.2, 0.25) is 0 Å². The highest BCUT2D eigenvalue weighted by Gasteiger charge is 2.13. The zero-order chi connectivity index (χ0) is 20.3. The number of nitrogens with zero attached hydrogens (tertiary/aromatic N) is 2. The second kappa shape index (κ2) is 8.61. The average molecular weight is 398 g/mol. The first-order chi connectivity index (χ1) is 13.4. The van der Waals surface area contributed by atoms with Crippen molar-refractivity contribution >= 4 is 23.1 Å². The van der Waals surface area contributed by atoms with Crippen LogP contribution in [0.25, 0.3) is 0 Å². The molecule has 0 radical (unpaired) electrons. The minimum Gasteiger partial charge on any atom is -0.489 e. The summed E-state index contributed by atoms with van der Waals surface area (Å²) in [5, 5.41) is 9.29. The van der Waals surface area contributed by atoms with Gasteiger partial charge < -0.3 is 10.1 Å². The average Bonchev–Trinajstić information content (AvgIpc) is 3.24. The van der Waals surface area contributed by atoms with Gasteiger partial charge in [-0.3, -0.25) is 9.48 Å². The molecule has 0 unspecified atom stereocenters. The Morgan fingerprint density at radius 3 is 2.71 bits per heavy atom. The highest BCUT2D eigenvalue weighted by molar-refractivity contribution is 7.12. The van der Waals surface area contributed by atoms with E-state index in [2.05, 4.69) is 50.2 Å². The number of nitrogens with one attached hydrogen (secondary N) is 1. The highest BCUT2D eigenvalue weighted by Crippen LogP contribution is 2.25. The van der Waals surface area contributed by atoms with Gasteiger partial charge in [0.05, 0.1) is 4.88 Å². The first kappa shape index (κ1) is 20.1. The molecule has 2 heterocycles. The van der Waals surface area contributed by atoms with Gasteiger partial charge in [0.1, 0.15) is 12.4 Å². The first-order valence-corrected chi connectivity index (χ1v) is 10.4. The molecule has 1 N–H and O–H groups in total. The third kappa shape index (κ3) is 4.62. The second-order valence-corrected chi connectivity index (χ2v) is 8.07. The number of aryl methyl sites for hydroxylation is 4. The monoisotopic (exact) mass is 397 g/mol. The maximum atomic E-state index is 12.5. The topological polar surface area (TPSA) is 56.2 Å². The summed E-state index contributed by atoms with van der Waals surface area (Å²) in [6.07, 6.45) is 1.00. The third-order valence-electron chi connectivity index (χ3n) is 4.69. The number of carbonyl (C=O) groups excluding carboxylic acids is 1. The summed E-state index contributed by atoms with van der Waals surface area (Å²) in [7, 11) is 0. The smallest absolute Gasteiger partial charge is 0.266 e. The Kier molecular flexibility index (Phi) is 6.19. The molecule has 6 heteroatoms. The molecule has 0 aliphatic carbocycles. The van der Waals surface area contributed by atoms with Gasteiger partial charge in [0.2, 0.25) is 0 Å². The van der Waals surface area contributed by atoms with E-state index in [1.807, 2.05) is 29.1 Å². The fraction of sp³-hybridized carbons (Fsp3) is 0.364. The largest absolute Gasteiger partial charge is 0.489 e. The summed E-state index contributed by atoms with van der Waals surface area (Å²) < 4.78 is 7.91. The first-order valence-electron chi connectivity index (χ1n) is 9.51. The van der Waals surface area contributed by atoms with Gasteiger partial charge in [0.25, 0.3) is 5.91 Å². The van der Waals surface area contributed by atoms with Crippen LogP contribution in [-0.2, 0) is 13.2 Å². The Labute approximate surface area is 170 Å². The van der Waals surface area contributed by atoms with E-state index in [-0.39, 0.29) is 5.91 Å². The third-order valence-corrected chi connectivity index (χ3v) is 5.67. The van der Waals surface area contributed by atoms with Crippen molar-refractivity contribution in [3.63, 3.8) is 0 Å². The van der Waals surface area contributed by atoms with Crippen LogP contribution in [-0.4, -0.2) is 15.7 Å². The number of benzene rings is 1. The number of carbonyl (C=O) groups is 1. The Balaban J connectivity index is 1.63. The van der Waals surface area contributed by atoms with Gasteiger partial charge in [-0.1, -0.05) is 13.0 Å². The van der Waals surface area contributed by atoms with Gasteiger partial charge in [0, 0.05) is 23.9 Å². The Morgan fingerprint density at radius 2 is 1.96 bits per heavy atom. The van der Waals surface area contributed by atoms with Crippen LogP contribution < -0.4 is 10.1 Å². The van der Waals surface area contributed by atoms with Crippen molar-refractivity contribution in [3.8, 4) is 5.75 Å². The van der Waals surface area contributed by atoms with E-state index in [9.17, 15) is 4.79 Å². The minimum absolute atomic E-state index is 0.139. The number of hydrogen-bond acceptors (Lipinski definition) is 4. The van der Waals surface area contributed by atoms with Crippen molar-refractivity contribution in [1.82, 2.24) is 9.78 Å². The molecule has 3 rings (SSSR count). The molecule has 0 bridgehead atoms. The quantitative estimate of drug-likeness (QED) is 0.579. The van der Waals surface area contributed by atoms with Crippen LogP contribution >= 0.6 is 11.3 Å². The van der Waals surface area contributed by atoms with Crippen LogP contribution in [0, 0.1) is 27.7 Å². The zero-order valence-corrected chi connectivity index (χ0v) is 17.9. The summed E-state index contributed by atoms with van der Waals surface area (Å²) in [5.41, 5.74) is 5.58. The molecular formula is C22H27N3O2S. The van der Waals surface area contributed by atoms with Gasteiger partial charge in [0.15, 0.2) is 5.82 Å². The van der Waals surface area contributed by atoms with Crippen molar-refractivity contribution in [3.05, 3.63) is 62.5 Å². The number of ether oxygens (including phenoxy) is 1. The number of anilines is 1. The van der Waals surface area contributed by atoms with E-state index in [0.717, 1.165) is 35.5 Å². The van der Waals surface area contributed by atoms with E-state index in [1.54, 1.807) is 0 Å². The Bertz CT molecular complexity index is 988. The molecule has 1 amide bonds. The number of hydrogen-bond donors (Lipinski definition) is 1. The van der Waals surface area contributed by atoms with Crippen molar-refractivity contribution in [1.29, 1.82) is 0 Å². The maximum absolute atomic E-state index is 12.5. The maximum Gasteiger partial charge on any atom is 0.266 e. The van der Waals surface area contributed by atoms with Crippen LogP contribution in [0.5, 0.6) is 5.75 Å². The number of amides is 1. The molecule has 0 saturated heterocycles. The molecule has 3 aromatic rings. The molecular weight excluding hydrogens is 370 g/mol. The summed E-state index contributed by atoms with van der Waals surface area (Å²) >= 11 is 1.42. The molecule has 148 valence electrons. The predicted molar refractivity (Wildman–Crippen MR) is 115 cm³/mol. The second-order valence-electron chi connectivity index (χ2n) is 7.16. The van der Waals surface area contributed by atoms with E-state index >= 15 is 0 Å². The van der Waals surface area contributed by atoms with Gasteiger partial charge >= 0.3 is 0 Å². The lowest BCUT2D eigenvalue weighted by Crippen LogP contribution is -2.11. The molecule has 5 nitrogen and oxygen atoms in total.